The van der Waals surface area contributed by atoms with E-state index in [9.17, 15) is 0 Å². The fourth-order valence-electron chi connectivity index (χ4n) is 1.97. The molecule has 4 aromatic rings. The average molecular weight is 222 g/mol. The molecule has 0 unspecified atom stereocenters. The predicted octanol–water partition coefficient (Wildman–Crippen LogP) is 1.45. The first-order valence-electron chi connectivity index (χ1n) is 5.10. The Morgan fingerprint density at radius 2 is 1.76 bits per heavy atom. The highest BCUT2D eigenvalue weighted by atomic mass is 15.1. The van der Waals surface area contributed by atoms with Crippen molar-refractivity contribution in [1.29, 1.82) is 0 Å². The lowest BCUT2D eigenvalue weighted by atomic mass is 10.1. The van der Waals surface area contributed by atoms with Crippen molar-refractivity contribution in [3.05, 3.63) is 31.0 Å². The van der Waals surface area contributed by atoms with Crippen molar-refractivity contribution in [2.24, 2.45) is 0 Å². The molecule has 0 spiro atoms. The number of H-pyrrole nitrogens is 1. The molecule has 0 saturated heterocycles. The molecule has 0 fully saturated rings. The second-order valence-corrected chi connectivity index (χ2v) is 3.74. The number of aromatic amines is 1. The van der Waals surface area contributed by atoms with Crippen LogP contribution in [-0.2, 0) is 0 Å². The molecule has 1 N–H and O–H groups in total. The Bertz CT molecular complexity index is 850. The van der Waals surface area contributed by atoms with Gasteiger partial charge in [0.1, 0.15) is 12.7 Å². The maximum atomic E-state index is 4.19. The number of hydrogen-bond donors (Lipinski definition) is 1. The Hall–Kier alpha value is -2.63. The monoisotopic (exact) mass is 222 g/mol. The van der Waals surface area contributed by atoms with E-state index in [1.807, 2.05) is 12.1 Å². The van der Waals surface area contributed by atoms with E-state index in [4.69, 9.17) is 0 Å². The van der Waals surface area contributed by atoms with Gasteiger partial charge in [0.15, 0.2) is 5.65 Å². The molecular formula is C11H6N6. The third kappa shape index (κ3) is 1.12. The first-order chi connectivity index (χ1) is 8.42. The van der Waals surface area contributed by atoms with Gasteiger partial charge in [0.2, 0.25) is 0 Å². The van der Waals surface area contributed by atoms with Crippen molar-refractivity contribution >= 4 is 33.0 Å². The molecule has 4 rings (SSSR count). The van der Waals surface area contributed by atoms with E-state index in [1.54, 1.807) is 12.5 Å². The molecule has 6 heteroatoms. The Balaban J connectivity index is 2.30. The molecule has 3 heterocycles. The summed E-state index contributed by atoms with van der Waals surface area (Å²) in [6.07, 6.45) is 4.79. The molecule has 0 saturated carbocycles. The first-order valence-corrected chi connectivity index (χ1v) is 5.10. The molecule has 0 aliphatic heterocycles. The van der Waals surface area contributed by atoms with Gasteiger partial charge in [-0.3, -0.25) is 5.10 Å². The zero-order chi connectivity index (χ0) is 11.2. The largest absolute Gasteiger partial charge is 0.276 e. The van der Waals surface area contributed by atoms with E-state index in [2.05, 4.69) is 30.1 Å². The third-order valence-electron chi connectivity index (χ3n) is 2.77. The molecule has 0 radical (unpaired) electrons. The van der Waals surface area contributed by atoms with E-state index < -0.39 is 0 Å². The summed E-state index contributed by atoms with van der Waals surface area (Å²) in [5.74, 6) is 0. The second-order valence-electron chi connectivity index (χ2n) is 3.74. The number of imidazole rings is 1. The summed E-state index contributed by atoms with van der Waals surface area (Å²) >= 11 is 0. The molecule has 0 aliphatic rings. The van der Waals surface area contributed by atoms with E-state index in [-0.39, 0.29) is 0 Å². The smallest absolute Gasteiger partial charge is 0.183 e. The normalized spacial score (nSPS) is 11.5. The summed E-state index contributed by atoms with van der Waals surface area (Å²) in [7, 11) is 0. The van der Waals surface area contributed by atoms with Crippen LogP contribution in [0.2, 0.25) is 0 Å². The highest BCUT2D eigenvalue weighted by Crippen LogP contribution is 2.23. The molecule has 0 amide bonds. The maximum absolute atomic E-state index is 4.19. The highest BCUT2D eigenvalue weighted by molar-refractivity contribution is 6.06. The Morgan fingerprint density at radius 1 is 0.882 bits per heavy atom. The molecule has 1 aromatic carbocycles. The second kappa shape index (κ2) is 2.94. The standard InChI is InChI=1S/C11H6N6/c1-6-7-3-12-4-15-11(7)17-16-8(6)2-10-9(1)13-5-14-10/h1-5,16H. The first kappa shape index (κ1) is 8.51. The van der Waals surface area contributed by atoms with Crippen LogP contribution in [0, 0.1) is 0 Å². The van der Waals surface area contributed by atoms with Gasteiger partial charge in [-0.05, 0) is 12.1 Å². The van der Waals surface area contributed by atoms with Gasteiger partial charge in [-0.1, -0.05) is 0 Å². The lowest BCUT2D eigenvalue weighted by Gasteiger charge is -2.01. The van der Waals surface area contributed by atoms with Crippen LogP contribution in [0.1, 0.15) is 0 Å². The Kier molecular flexibility index (Phi) is 1.47. The van der Waals surface area contributed by atoms with Crippen LogP contribution < -0.4 is 0 Å². The van der Waals surface area contributed by atoms with E-state index in [0.29, 0.717) is 5.65 Å². The van der Waals surface area contributed by atoms with E-state index in [0.717, 1.165) is 27.3 Å². The number of fused-ring (bicyclic) bond motifs is 4. The van der Waals surface area contributed by atoms with Crippen molar-refractivity contribution in [2.45, 2.75) is 0 Å². The van der Waals surface area contributed by atoms with Crippen molar-refractivity contribution in [3.63, 3.8) is 0 Å². The minimum absolute atomic E-state index is 0.645. The van der Waals surface area contributed by atoms with Crippen molar-refractivity contribution in [1.82, 2.24) is 30.1 Å². The van der Waals surface area contributed by atoms with Crippen LogP contribution in [0.25, 0.3) is 33.0 Å². The Labute approximate surface area is 94.8 Å². The zero-order valence-corrected chi connectivity index (χ0v) is 8.62. The van der Waals surface area contributed by atoms with Crippen molar-refractivity contribution in [2.75, 3.05) is 0 Å². The molecule has 17 heavy (non-hydrogen) atoms. The van der Waals surface area contributed by atoms with Gasteiger partial charge in [0, 0.05) is 17.0 Å². The Morgan fingerprint density at radius 3 is 2.71 bits per heavy atom. The molecule has 0 atom stereocenters. The topological polar surface area (TPSA) is 80.2 Å². The van der Waals surface area contributed by atoms with Gasteiger partial charge < -0.3 is 0 Å². The summed E-state index contributed by atoms with van der Waals surface area (Å²) in [4.78, 5) is 16.5. The van der Waals surface area contributed by atoms with Crippen molar-refractivity contribution < 1.29 is 0 Å². The summed E-state index contributed by atoms with van der Waals surface area (Å²) in [5.41, 5.74) is 3.26. The molecule has 6 nitrogen and oxygen atoms in total. The fourth-order valence-corrected chi connectivity index (χ4v) is 1.97. The van der Waals surface area contributed by atoms with Crippen molar-refractivity contribution in [3.8, 4) is 0 Å². The quantitative estimate of drug-likeness (QED) is 0.455. The molecule has 0 aliphatic carbocycles. The van der Waals surface area contributed by atoms with Gasteiger partial charge in [-0.25, -0.2) is 19.9 Å². The fraction of sp³-hybridized carbons (Fsp3) is 0. The number of aromatic nitrogens is 6. The number of nitrogens with zero attached hydrogens (tertiary/aromatic N) is 5. The maximum Gasteiger partial charge on any atom is 0.183 e. The van der Waals surface area contributed by atoms with Crippen LogP contribution in [0.4, 0.5) is 0 Å². The zero-order valence-electron chi connectivity index (χ0n) is 8.62. The van der Waals surface area contributed by atoms with Gasteiger partial charge in [0.25, 0.3) is 0 Å². The molecule has 3 aromatic heterocycles. The van der Waals surface area contributed by atoms with Crippen LogP contribution in [0.3, 0.4) is 0 Å². The summed E-state index contributed by atoms with van der Waals surface area (Å²) in [6, 6.07) is 3.90. The number of benzene rings is 1. The SMILES string of the molecule is c1nc2cc3[nH]nc4ncncc4c3cc2n1. The lowest BCUT2D eigenvalue weighted by Crippen LogP contribution is -1.91. The third-order valence-corrected chi connectivity index (χ3v) is 2.77. The molecular weight excluding hydrogens is 216 g/mol. The van der Waals surface area contributed by atoms with E-state index in [1.165, 1.54) is 6.33 Å². The summed E-state index contributed by atoms with van der Waals surface area (Å²) in [6.45, 7) is 0. The predicted molar refractivity (Wildman–Crippen MR) is 62.3 cm³/mol. The number of hydrogen-bond acceptors (Lipinski definition) is 5. The highest BCUT2D eigenvalue weighted by Gasteiger charge is 2.06. The van der Waals surface area contributed by atoms with Gasteiger partial charge in [-0.15, -0.1) is 0 Å². The summed E-state index contributed by atoms with van der Waals surface area (Å²) < 4.78 is 0. The van der Waals surface area contributed by atoms with Crippen LogP contribution in [0.5, 0.6) is 0 Å². The van der Waals surface area contributed by atoms with Crippen LogP contribution in [-0.4, -0.2) is 30.1 Å². The van der Waals surface area contributed by atoms with Crippen LogP contribution >= 0.6 is 0 Å². The number of nitrogens with one attached hydrogen (secondary N) is 1. The number of rotatable bonds is 0. The van der Waals surface area contributed by atoms with Gasteiger partial charge in [0.05, 0.1) is 16.6 Å². The van der Waals surface area contributed by atoms with Gasteiger partial charge in [-0.2, -0.15) is 5.10 Å². The summed E-state index contributed by atoms with van der Waals surface area (Å²) in [5, 5.41) is 9.06. The van der Waals surface area contributed by atoms with E-state index >= 15 is 0 Å². The minimum Gasteiger partial charge on any atom is -0.276 e. The molecule has 80 valence electrons. The lowest BCUT2D eigenvalue weighted by molar-refractivity contribution is 1.07. The van der Waals surface area contributed by atoms with Crippen LogP contribution in [0.15, 0.2) is 31.0 Å². The van der Waals surface area contributed by atoms with Gasteiger partial charge >= 0.3 is 0 Å². The minimum atomic E-state index is 0.645. The molecule has 0 bridgehead atoms. The average Bonchev–Trinajstić information content (AvgIpc) is 2.83.